The number of piperidine rings is 3. The quantitative estimate of drug-likeness (QED) is 0.105. The fourth-order valence-electron chi connectivity index (χ4n) is 8.05. The molecule has 0 aromatic heterocycles. The zero-order valence-corrected chi connectivity index (χ0v) is 28.0. The van der Waals surface area contributed by atoms with Gasteiger partial charge in [0.25, 0.3) is 0 Å². The third-order valence-electron chi connectivity index (χ3n) is 11.1. The van der Waals surface area contributed by atoms with Gasteiger partial charge in [-0.05, 0) is 66.3 Å². The molecule has 9 nitrogen and oxygen atoms in total. The van der Waals surface area contributed by atoms with E-state index in [-0.39, 0.29) is 24.4 Å². The standard InChI is InChI=1S/C39H52N2O7/c42-27-31-24-30(10-15-36(31)43)37(44)25-40-18-22-46-34-11-13-35(14-12-34)47-23-21-41-19-16-29(17-20-41)38(26-41)48-28-39(45,33-8-4-5-9-33)32-6-2-1-3-7-32/h1-3,6-7,10-15,24,29,33,37-38,40,42,44-45H,4-5,8-9,16-23,25-28H2/p+1/t29?,37-,38-,39?,41?/m0/s1. The number of hydrogen-bond donors (Lipinski definition) is 5. The van der Waals surface area contributed by atoms with Crippen molar-refractivity contribution in [2.75, 3.05) is 59.1 Å². The number of hydrogen-bond acceptors (Lipinski definition) is 8. The van der Waals surface area contributed by atoms with Crippen molar-refractivity contribution in [1.29, 1.82) is 0 Å². The molecule has 9 heteroatoms. The second-order valence-electron chi connectivity index (χ2n) is 14.1. The van der Waals surface area contributed by atoms with E-state index >= 15 is 0 Å². The normalized spacial score (nSPS) is 24.3. The molecule has 1 aliphatic carbocycles. The monoisotopic (exact) mass is 661 g/mol. The van der Waals surface area contributed by atoms with Crippen LogP contribution < -0.4 is 14.8 Å². The second kappa shape index (κ2) is 16.0. The first-order valence-corrected chi connectivity index (χ1v) is 17.8. The Hall–Kier alpha value is -3.18. The lowest BCUT2D eigenvalue weighted by atomic mass is 9.80. The fourth-order valence-corrected chi connectivity index (χ4v) is 8.05. The van der Waals surface area contributed by atoms with Gasteiger partial charge in [-0.3, -0.25) is 0 Å². The highest BCUT2D eigenvalue weighted by atomic mass is 16.5. The summed E-state index contributed by atoms with van der Waals surface area (Å²) in [6.45, 7) is 6.31. The first-order chi connectivity index (χ1) is 23.4. The van der Waals surface area contributed by atoms with E-state index in [0.29, 0.717) is 50.0 Å². The van der Waals surface area contributed by atoms with Gasteiger partial charge in [0.2, 0.25) is 0 Å². The average Bonchev–Trinajstić information content (AvgIpc) is 3.68. The lowest BCUT2D eigenvalue weighted by Crippen LogP contribution is -2.65. The van der Waals surface area contributed by atoms with Crippen LogP contribution in [0, 0.1) is 11.8 Å². The van der Waals surface area contributed by atoms with Crippen molar-refractivity contribution in [2.45, 2.75) is 62.9 Å². The maximum absolute atomic E-state index is 12.0. The third-order valence-corrected chi connectivity index (χ3v) is 11.1. The fraction of sp³-hybridized carbons (Fsp3) is 0.538. The first kappa shape index (κ1) is 34.7. The van der Waals surface area contributed by atoms with Gasteiger partial charge in [-0.1, -0.05) is 49.2 Å². The topological polar surface area (TPSA) is 121 Å². The van der Waals surface area contributed by atoms with Gasteiger partial charge in [0.1, 0.15) is 55.3 Å². The number of benzene rings is 3. The number of fused-ring (bicyclic) bond motifs is 3. The zero-order valence-electron chi connectivity index (χ0n) is 28.0. The lowest BCUT2D eigenvalue weighted by Gasteiger charge is -2.52. The largest absolute Gasteiger partial charge is 0.508 e. The number of aliphatic hydroxyl groups is 3. The van der Waals surface area contributed by atoms with E-state index < -0.39 is 11.7 Å². The Balaban J connectivity index is 0.920. The summed E-state index contributed by atoms with van der Waals surface area (Å²) in [6, 6.07) is 22.6. The number of nitrogens with one attached hydrogen (secondary N) is 1. The number of phenols is 1. The Morgan fingerprint density at radius 1 is 0.875 bits per heavy atom. The van der Waals surface area contributed by atoms with Gasteiger partial charge >= 0.3 is 0 Å². The molecule has 5 N–H and O–H groups in total. The van der Waals surface area contributed by atoms with E-state index in [0.717, 1.165) is 60.6 Å². The van der Waals surface area contributed by atoms with Crippen LogP contribution in [-0.2, 0) is 16.9 Å². The summed E-state index contributed by atoms with van der Waals surface area (Å²) in [5.41, 5.74) is 1.09. The van der Waals surface area contributed by atoms with Crippen LogP contribution in [0.1, 0.15) is 61.3 Å². The molecular formula is C39H53N2O7+. The van der Waals surface area contributed by atoms with Gasteiger partial charge in [-0.15, -0.1) is 0 Å². The van der Waals surface area contributed by atoms with E-state index in [1.54, 1.807) is 12.1 Å². The Labute approximate surface area is 284 Å². The van der Waals surface area contributed by atoms with E-state index in [9.17, 15) is 20.4 Å². The highest BCUT2D eigenvalue weighted by Gasteiger charge is 2.48. The van der Waals surface area contributed by atoms with Crippen molar-refractivity contribution in [1.82, 2.24) is 5.32 Å². The number of quaternary nitrogens is 1. The highest BCUT2D eigenvalue weighted by Crippen LogP contribution is 2.42. The van der Waals surface area contributed by atoms with Gasteiger partial charge in [0.05, 0.1) is 32.4 Å². The minimum absolute atomic E-state index is 0.0179. The first-order valence-electron chi connectivity index (χ1n) is 17.8. The van der Waals surface area contributed by atoms with Gasteiger partial charge < -0.3 is 44.4 Å². The molecule has 4 aliphatic rings. The van der Waals surface area contributed by atoms with Crippen molar-refractivity contribution >= 4 is 0 Å². The molecule has 0 radical (unpaired) electrons. The van der Waals surface area contributed by atoms with Crippen LogP contribution in [0.5, 0.6) is 17.2 Å². The molecule has 3 aliphatic heterocycles. The average molecular weight is 662 g/mol. The molecule has 1 unspecified atom stereocenters. The molecule has 3 aromatic rings. The molecular weight excluding hydrogens is 608 g/mol. The molecule has 3 saturated heterocycles. The van der Waals surface area contributed by atoms with Crippen molar-refractivity contribution in [3.63, 3.8) is 0 Å². The molecule has 0 amide bonds. The predicted octanol–water partition coefficient (Wildman–Crippen LogP) is 4.67. The molecule has 1 saturated carbocycles. The Morgan fingerprint density at radius 2 is 1.56 bits per heavy atom. The Morgan fingerprint density at radius 3 is 2.25 bits per heavy atom. The maximum Gasteiger partial charge on any atom is 0.137 e. The summed E-state index contributed by atoms with van der Waals surface area (Å²) in [5.74, 6) is 2.42. The number of ether oxygens (including phenoxy) is 3. The second-order valence-corrected chi connectivity index (χ2v) is 14.1. The summed E-state index contributed by atoms with van der Waals surface area (Å²) in [4.78, 5) is 0. The molecule has 3 heterocycles. The van der Waals surface area contributed by atoms with Crippen molar-refractivity contribution in [3.8, 4) is 17.2 Å². The molecule has 0 spiro atoms. The maximum atomic E-state index is 12.0. The van der Waals surface area contributed by atoms with E-state index in [1.807, 2.05) is 42.5 Å². The molecule has 260 valence electrons. The number of nitrogens with zero attached hydrogens (tertiary/aromatic N) is 1. The minimum atomic E-state index is -0.923. The van der Waals surface area contributed by atoms with Gasteiger partial charge in [0.15, 0.2) is 0 Å². The van der Waals surface area contributed by atoms with E-state index in [4.69, 9.17) is 14.2 Å². The SMILES string of the molecule is OCc1cc([C@@H](O)CNCCOc2ccc(OCC[N+]34CCC(CC3)[C@@H](OCC(O)(c3ccccc3)C3CCCC3)C4)cc2)ccc1O. The van der Waals surface area contributed by atoms with Crippen LogP contribution in [-0.4, -0.2) is 90.1 Å². The van der Waals surface area contributed by atoms with Crippen molar-refractivity contribution < 1.29 is 39.1 Å². The van der Waals surface area contributed by atoms with Crippen LogP contribution >= 0.6 is 0 Å². The zero-order chi connectivity index (χ0) is 33.4. The third kappa shape index (κ3) is 8.33. The molecule has 3 aromatic carbocycles. The number of rotatable bonds is 17. The predicted molar refractivity (Wildman–Crippen MR) is 184 cm³/mol. The van der Waals surface area contributed by atoms with Crippen LogP contribution in [0.2, 0.25) is 0 Å². The molecule has 7 rings (SSSR count). The minimum Gasteiger partial charge on any atom is -0.508 e. The number of aliphatic hydroxyl groups excluding tert-OH is 2. The van der Waals surface area contributed by atoms with Crippen LogP contribution in [0.3, 0.4) is 0 Å². The van der Waals surface area contributed by atoms with Gasteiger partial charge in [-0.2, -0.15) is 0 Å². The van der Waals surface area contributed by atoms with Crippen LogP contribution in [0.4, 0.5) is 0 Å². The molecule has 4 fully saturated rings. The molecule has 48 heavy (non-hydrogen) atoms. The van der Waals surface area contributed by atoms with E-state index in [2.05, 4.69) is 17.4 Å². The molecule has 2 bridgehead atoms. The summed E-state index contributed by atoms with van der Waals surface area (Å²) < 4.78 is 19.8. The van der Waals surface area contributed by atoms with Crippen LogP contribution in [0.25, 0.3) is 0 Å². The Bertz CT molecular complexity index is 1420. The smallest absolute Gasteiger partial charge is 0.137 e. The van der Waals surface area contributed by atoms with Crippen molar-refractivity contribution in [2.24, 2.45) is 11.8 Å². The van der Waals surface area contributed by atoms with Gasteiger partial charge in [0, 0.05) is 37.4 Å². The van der Waals surface area contributed by atoms with Crippen molar-refractivity contribution in [3.05, 3.63) is 89.5 Å². The lowest BCUT2D eigenvalue weighted by molar-refractivity contribution is -0.946. The van der Waals surface area contributed by atoms with Gasteiger partial charge in [-0.25, -0.2) is 0 Å². The molecule has 3 atom stereocenters. The number of aromatic hydroxyl groups is 1. The highest BCUT2D eigenvalue weighted by molar-refractivity contribution is 5.36. The summed E-state index contributed by atoms with van der Waals surface area (Å²) in [7, 11) is 0. The van der Waals surface area contributed by atoms with Crippen LogP contribution in [0.15, 0.2) is 72.8 Å². The summed E-state index contributed by atoms with van der Waals surface area (Å²) in [5, 5.41) is 44.6. The summed E-state index contributed by atoms with van der Waals surface area (Å²) in [6.07, 6.45) is 6.24. The summed E-state index contributed by atoms with van der Waals surface area (Å²) >= 11 is 0. The van der Waals surface area contributed by atoms with E-state index in [1.165, 1.54) is 31.7 Å². The Kier molecular flexibility index (Phi) is 11.6.